The van der Waals surface area contributed by atoms with Gasteiger partial charge in [-0.15, -0.1) is 0 Å². The zero-order valence-electron chi connectivity index (χ0n) is 15.9. The van der Waals surface area contributed by atoms with Gasteiger partial charge in [-0.05, 0) is 67.0 Å². The van der Waals surface area contributed by atoms with Gasteiger partial charge in [-0.3, -0.25) is 4.79 Å². The second-order valence-electron chi connectivity index (χ2n) is 8.13. The highest BCUT2D eigenvalue weighted by Crippen LogP contribution is 2.35. The van der Waals surface area contributed by atoms with Crippen LogP contribution in [0.4, 0.5) is 13.2 Å². The number of carbonyl (C=O) groups excluding carboxylic acids is 1. The molecule has 2 atom stereocenters. The van der Waals surface area contributed by atoms with Crippen molar-refractivity contribution in [2.24, 2.45) is 11.8 Å². The van der Waals surface area contributed by atoms with E-state index in [1.165, 1.54) is 24.3 Å². The molecule has 1 saturated carbocycles. The van der Waals surface area contributed by atoms with Gasteiger partial charge in [-0.1, -0.05) is 25.5 Å². The van der Waals surface area contributed by atoms with Gasteiger partial charge in [-0.25, -0.2) is 13.2 Å². The number of benzene rings is 2. The fourth-order valence-electron chi connectivity index (χ4n) is 4.37. The van der Waals surface area contributed by atoms with Gasteiger partial charge in [0.15, 0.2) is 0 Å². The molecule has 1 heterocycles. The largest absolute Gasteiger partial charge is 0.339 e. The van der Waals surface area contributed by atoms with Crippen molar-refractivity contribution in [2.45, 2.75) is 45.1 Å². The Hall–Kier alpha value is -2.30. The fraction of sp³-hybridized carbons (Fsp3) is 0.435. The van der Waals surface area contributed by atoms with E-state index in [4.69, 9.17) is 0 Å². The standard InChI is InChI=1S/C23H24F3NO/c1-14-8-9-27(23(28)15-4-2-5-15)21(14)12-17-11-19(25)13-20(22(17)26)16-6-3-7-18(24)10-16/h3,6-7,10-11,13-15,21H,2,4-5,8-9,12H2,1H3. The molecule has 1 amide bonds. The molecule has 5 heteroatoms. The van der Waals surface area contributed by atoms with E-state index < -0.39 is 17.5 Å². The van der Waals surface area contributed by atoms with E-state index in [1.54, 1.807) is 6.07 Å². The Morgan fingerprint density at radius 2 is 1.86 bits per heavy atom. The number of carbonyl (C=O) groups is 1. The van der Waals surface area contributed by atoms with Gasteiger partial charge in [0, 0.05) is 24.1 Å². The molecule has 0 radical (unpaired) electrons. The number of nitrogens with zero attached hydrogens (tertiary/aromatic N) is 1. The van der Waals surface area contributed by atoms with E-state index in [9.17, 15) is 13.6 Å². The van der Waals surface area contributed by atoms with Gasteiger partial charge in [0.1, 0.15) is 17.5 Å². The van der Waals surface area contributed by atoms with Crippen LogP contribution in [-0.4, -0.2) is 23.4 Å². The van der Waals surface area contributed by atoms with Crippen LogP contribution in [0.2, 0.25) is 0 Å². The van der Waals surface area contributed by atoms with Crippen molar-refractivity contribution < 1.29 is 18.0 Å². The first-order valence-electron chi connectivity index (χ1n) is 9.98. The second-order valence-corrected chi connectivity index (χ2v) is 8.13. The minimum Gasteiger partial charge on any atom is -0.339 e. The molecule has 0 N–H and O–H groups in total. The molecule has 148 valence electrons. The van der Waals surface area contributed by atoms with Crippen LogP contribution in [-0.2, 0) is 11.2 Å². The van der Waals surface area contributed by atoms with Crippen molar-refractivity contribution in [3.63, 3.8) is 0 Å². The fourth-order valence-corrected chi connectivity index (χ4v) is 4.37. The van der Waals surface area contributed by atoms with Crippen molar-refractivity contribution in [2.75, 3.05) is 6.54 Å². The Morgan fingerprint density at radius 3 is 2.54 bits per heavy atom. The molecule has 2 aromatic rings. The van der Waals surface area contributed by atoms with Crippen molar-refractivity contribution in [1.82, 2.24) is 4.90 Å². The van der Waals surface area contributed by atoms with E-state index in [0.29, 0.717) is 12.1 Å². The van der Waals surface area contributed by atoms with Crippen LogP contribution in [0.5, 0.6) is 0 Å². The van der Waals surface area contributed by atoms with E-state index >= 15 is 4.39 Å². The molecule has 0 bridgehead atoms. The molecule has 2 fully saturated rings. The summed E-state index contributed by atoms with van der Waals surface area (Å²) in [5.74, 6) is -1.12. The summed E-state index contributed by atoms with van der Waals surface area (Å²) in [5, 5.41) is 0. The summed E-state index contributed by atoms with van der Waals surface area (Å²) in [5.41, 5.74) is 0.599. The van der Waals surface area contributed by atoms with Gasteiger partial charge in [0.25, 0.3) is 0 Å². The predicted octanol–water partition coefficient (Wildman–Crippen LogP) is 5.35. The van der Waals surface area contributed by atoms with Gasteiger partial charge < -0.3 is 4.90 Å². The molecule has 0 spiro atoms. The highest BCUT2D eigenvalue weighted by atomic mass is 19.1. The van der Waals surface area contributed by atoms with Crippen LogP contribution in [0.15, 0.2) is 36.4 Å². The first-order chi connectivity index (χ1) is 13.4. The Labute approximate surface area is 163 Å². The lowest BCUT2D eigenvalue weighted by molar-refractivity contribution is -0.139. The number of hydrogen-bond donors (Lipinski definition) is 0. The van der Waals surface area contributed by atoms with Crippen molar-refractivity contribution in [3.05, 3.63) is 59.4 Å². The summed E-state index contributed by atoms with van der Waals surface area (Å²) in [6.45, 7) is 2.73. The Morgan fingerprint density at radius 1 is 1.07 bits per heavy atom. The highest BCUT2D eigenvalue weighted by molar-refractivity contribution is 5.80. The lowest BCUT2D eigenvalue weighted by Crippen LogP contribution is -2.44. The molecular weight excluding hydrogens is 363 g/mol. The quantitative estimate of drug-likeness (QED) is 0.692. The third-order valence-electron chi connectivity index (χ3n) is 6.30. The second kappa shape index (κ2) is 7.61. The first kappa shape index (κ1) is 19.0. The van der Waals surface area contributed by atoms with Crippen LogP contribution >= 0.6 is 0 Å². The molecule has 4 rings (SSSR count). The summed E-state index contributed by atoms with van der Waals surface area (Å²) < 4.78 is 43.1. The van der Waals surface area contributed by atoms with Gasteiger partial charge in [-0.2, -0.15) is 0 Å². The van der Waals surface area contributed by atoms with Crippen LogP contribution in [0.3, 0.4) is 0 Å². The third-order valence-corrected chi connectivity index (χ3v) is 6.30. The molecule has 1 aliphatic carbocycles. The Bertz CT molecular complexity index is 893. The number of likely N-dealkylation sites (tertiary alicyclic amines) is 1. The average Bonchev–Trinajstić information content (AvgIpc) is 2.97. The minimum absolute atomic E-state index is 0.0528. The summed E-state index contributed by atoms with van der Waals surface area (Å²) in [7, 11) is 0. The predicted molar refractivity (Wildman–Crippen MR) is 102 cm³/mol. The normalized spacial score (nSPS) is 22.4. The number of hydrogen-bond acceptors (Lipinski definition) is 1. The zero-order valence-corrected chi connectivity index (χ0v) is 15.9. The third kappa shape index (κ3) is 3.54. The maximum atomic E-state index is 15.2. The molecule has 2 nitrogen and oxygen atoms in total. The molecular formula is C23H24F3NO. The lowest BCUT2D eigenvalue weighted by atomic mass is 9.84. The summed E-state index contributed by atoms with van der Waals surface area (Å²) in [4.78, 5) is 14.6. The number of halogens is 3. The van der Waals surface area contributed by atoms with Gasteiger partial charge in [0.2, 0.25) is 5.91 Å². The summed E-state index contributed by atoms with van der Waals surface area (Å²) >= 11 is 0. The van der Waals surface area contributed by atoms with Gasteiger partial charge in [0.05, 0.1) is 0 Å². The number of amides is 1. The van der Waals surface area contributed by atoms with Crippen LogP contribution in [0.1, 0.15) is 38.2 Å². The zero-order chi connectivity index (χ0) is 19.8. The van der Waals surface area contributed by atoms with E-state index in [1.807, 2.05) is 4.90 Å². The topological polar surface area (TPSA) is 20.3 Å². The van der Waals surface area contributed by atoms with Crippen molar-refractivity contribution in [1.29, 1.82) is 0 Å². The smallest absolute Gasteiger partial charge is 0.225 e. The molecule has 1 saturated heterocycles. The van der Waals surface area contributed by atoms with Crippen molar-refractivity contribution in [3.8, 4) is 11.1 Å². The summed E-state index contributed by atoms with van der Waals surface area (Å²) in [6.07, 6.45) is 4.07. The first-order valence-corrected chi connectivity index (χ1v) is 9.98. The molecule has 2 aromatic carbocycles. The lowest BCUT2D eigenvalue weighted by Gasteiger charge is -2.34. The van der Waals surface area contributed by atoms with Crippen LogP contribution in [0, 0.1) is 29.3 Å². The van der Waals surface area contributed by atoms with Crippen LogP contribution < -0.4 is 0 Å². The van der Waals surface area contributed by atoms with Crippen LogP contribution in [0.25, 0.3) is 11.1 Å². The molecule has 2 aliphatic rings. The maximum Gasteiger partial charge on any atom is 0.225 e. The SMILES string of the molecule is CC1CCN(C(=O)C2CCC2)C1Cc1cc(F)cc(-c2cccc(F)c2)c1F. The highest BCUT2D eigenvalue weighted by Gasteiger charge is 2.39. The Kier molecular flexibility index (Phi) is 5.17. The van der Waals surface area contributed by atoms with E-state index in [-0.39, 0.29) is 41.3 Å². The van der Waals surface area contributed by atoms with Gasteiger partial charge >= 0.3 is 0 Å². The summed E-state index contributed by atoms with van der Waals surface area (Å²) in [6, 6.07) is 7.68. The molecule has 0 aromatic heterocycles. The molecule has 2 unspecified atom stereocenters. The average molecular weight is 387 g/mol. The van der Waals surface area contributed by atoms with Crippen molar-refractivity contribution >= 4 is 5.91 Å². The van der Waals surface area contributed by atoms with E-state index in [0.717, 1.165) is 31.7 Å². The molecule has 1 aliphatic heterocycles. The molecule has 28 heavy (non-hydrogen) atoms. The van der Waals surface area contributed by atoms with E-state index in [2.05, 4.69) is 6.92 Å². The monoisotopic (exact) mass is 387 g/mol. The number of rotatable bonds is 4. The minimum atomic E-state index is -0.557. The maximum absolute atomic E-state index is 15.2. The Balaban J connectivity index is 1.64.